The second kappa shape index (κ2) is 7.16. The van der Waals surface area contributed by atoms with E-state index in [1.807, 2.05) is 36.4 Å². The fourth-order valence-corrected chi connectivity index (χ4v) is 3.68. The van der Waals surface area contributed by atoms with Crippen LogP contribution in [0.25, 0.3) is 0 Å². The van der Waals surface area contributed by atoms with Crippen LogP contribution >= 0.6 is 0 Å². The molecule has 1 fully saturated rings. The summed E-state index contributed by atoms with van der Waals surface area (Å²) in [6.07, 6.45) is 2.06. The van der Waals surface area contributed by atoms with Gasteiger partial charge >= 0.3 is 0 Å². The number of hydrogen-bond acceptors (Lipinski definition) is 2. The summed E-state index contributed by atoms with van der Waals surface area (Å²) < 4.78 is 13.6. The zero-order valence-electron chi connectivity index (χ0n) is 14.7. The molecule has 1 aliphatic carbocycles. The molecule has 0 bridgehead atoms. The van der Waals surface area contributed by atoms with Gasteiger partial charge in [-0.2, -0.15) is 5.10 Å². The molecule has 0 radical (unpaired) electrons. The number of hydrazone groups is 1. The first kappa shape index (κ1) is 17.2. The molecule has 0 spiro atoms. The van der Waals surface area contributed by atoms with Gasteiger partial charge in [0.05, 0.1) is 12.1 Å². The Morgan fingerprint density at radius 1 is 0.926 bits per heavy atom. The molecule has 4 heteroatoms. The van der Waals surface area contributed by atoms with Gasteiger partial charge in [-0.15, -0.1) is 0 Å². The number of nitrogens with zero attached hydrogens (tertiary/aromatic N) is 1. The molecule has 1 aliphatic rings. The van der Waals surface area contributed by atoms with Crippen LogP contribution in [0.3, 0.4) is 0 Å². The van der Waals surface area contributed by atoms with Crippen LogP contribution in [-0.2, 0) is 10.2 Å². The first-order valence-electron chi connectivity index (χ1n) is 8.90. The quantitative estimate of drug-likeness (QED) is 0.537. The van der Waals surface area contributed by atoms with Crippen molar-refractivity contribution >= 4 is 12.1 Å². The van der Waals surface area contributed by atoms with Gasteiger partial charge < -0.3 is 0 Å². The molecule has 0 saturated heterocycles. The summed E-state index contributed by atoms with van der Waals surface area (Å²) in [5, 5.41) is 3.95. The molecule has 27 heavy (non-hydrogen) atoms. The molecule has 1 N–H and O–H groups in total. The summed E-state index contributed by atoms with van der Waals surface area (Å²) >= 11 is 0. The molecule has 1 amide bonds. The summed E-state index contributed by atoms with van der Waals surface area (Å²) in [5.74, 6) is -0.736. The maximum Gasteiger partial charge on any atom is 0.244 e. The van der Waals surface area contributed by atoms with Crippen LogP contribution < -0.4 is 5.43 Å². The lowest BCUT2D eigenvalue weighted by Crippen LogP contribution is -2.25. The van der Waals surface area contributed by atoms with E-state index in [4.69, 9.17) is 0 Å². The van der Waals surface area contributed by atoms with Gasteiger partial charge in [-0.1, -0.05) is 78.9 Å². The second-order valence-electron chi connectivity index (χ2n) is 6.72. The van der Waals surface area contributed by atoms with Crippen LogP contribution in [0.5, 0.6) is 0 Å². The van der Waals surface area contributed by atoms with Crippen molar-refractivity contribution in [1.29, 1.82) is 0 Å². The largest absolute Gasteiger partial charge is 0.273 e. The van der Waals surface area contributed by atoms with E-state index >= 15 is 0 Å². The minimum Gasteiger partial charge on any atom is -0.273 e. The van der Waals surface area contributed by atoms with E-state index < -0.39 is 0 Å². The summed E-state index contributed by atoms with van der Waals surface area (Å²) in [4.78, 5) is 12.7. The Bertz CT molecular complexity index is 930. The third kappa shape index (κ3) is 3.26. The molecule has 0 heterocycles. The summed E-state index contributed by atoms with van der Waals surface area (Å²) in [7, 11) is 0. The molecular weight excluding hydrogens is 339 g/mol. The first-order valence-corrected chi connectivity index (χ1v) is 8.90. The van der Waals surface area contributed by atoms with Crippen molar-refractivity contribution in [3.05, 3.63) is 107 Å². The Morgan fingerprint density at radius 2 is 1.48 bits per heavy atom. The van der Waals surface area contributed by atoms with Gasteiger partial charge in [0.15, 0.2) is 0 Å². The van der Waals surface area contributed by atoms with E-state index in [1.165, 1.54) is 12.3 Å². The fourth-order valence-electron chi connectivity index (χ4n) is 3.68. The third-order valence-electron chi connectivity index (χ3n) is 5.14. The van der Waals surface area contributed by atoms with Crippen LogP contribution in [0, 0.1) is 11.7 Å². The van der Waals surface area contributed by atoms with Gasteiger partial charge in [0.25, 0.3) is 0 Å². The van der Waals surface area contributed by atoms with Crippen LogP contribution in [0.4, 0.5) is 4.39 Å². The number of carbonyl (C=O) groups excluding carboxylic acids is 1. The zero-order chi connectivity index (χ0) is 18.7. The SMILES string of the molecule is O=C(NN=Cc1ccccc1F)[C@@H]1CC1(c1ccccc1)c1ccccc1. The van der Waals surface area contributed by atoms with E-state index in [1.54, 1.807) is 18.2 Å². The third-order valence-corrected chi connectivity index (χ3v) is 5.14. The van der Waals surface area contributed by atoms with Crippen molar-refractivity contribution < 1.29 is 9.18 Å². The van der Waals surface area contributed by atoms with Gasteiger partial charge in [0, 0.05) is 11.0 Å². The number of halogens is 1. The fraction of sp³-hybridized carbons (Fsp3) is 0.130. The number of benzene rings is 3. The van der Waals surface area contributed by atoms with Gasteiger partial charge in [-0.05, 0) is 23.6 Å². The average molecular weight is 358 g/mol. The lowest BCUT2D eigenvalue weighted by atomic mass is 9.85. The van der Waals surface area contributed by atoms with Crippen LogP contribution in [0.1, 0.15) is 23.1 Å². The van der Waals surface area contributed by atoms with E-state index in [-0.39, 0.29) is 23.1 Å². The Balaban J connectivity index is 1.55. The lowest BCUT2D eigenvalue weighted by Gasteiger charge is -2.18. The maximum atomic E-state index is 13.6. The highest BCUT2D eigenvalue weighted by Gasteiger charge is 2.60. The molecule has 3 aromatic rings. The lowest BCUT2D eigenvalue weighted by molar-refractivity contribution is -0.122. The molecule has 0 unspecified atom stereocenters. The number of amides is 1. The van der Waals surface area contributed by atoms with Crippen LogP contribution in [0.15, 0.2) is 90.0 Å². The van der Waals surface area contributed by atoms with Crippen molar-refractivity contribution in [3.63, 3.8) is 0 Å². The van der Waals surface area contributed by atoms with Gasteiger partial charge in [0.1, 0.15) is 5.82 Å². The summed E-state index contributed by atoms with van der Waals surface area (Å²) in [5.41, 5.74) is 4.82. The molecule has 3 aromatic carbocycles. The first-order chi connectivity index (χ1) is 13.2. The molecule has 0 aliphatic heterocycles. The minimum absolute atomic E-state index is 0.157. The number of carbonyl (C=O) groups is 1. The Hall–Kier alpha value is -3.27. The highest BCUT2D eigenvalue weighted by Crippen LogP contribution is 2.58. The smallest absolute Gasteiger partial charge is 0.244 e. The molecule has 4 rings (SSSR count). The zero-order valence-corrected chi connectivity index (χ0v) is 14.7. The Kier molecular flexibility index (Phi) is 4.55. The molecule has 1 atom stereocenters. The number of rotatable bonds is 5. The summed E-state index contributed by atoms with van der Waals surface area (Å²) in [6.45, 7) is 0. The van der Waals surface area contributed by atoms with Crippen LogP contribution in [-0.4, -0.2) is 12.1 Å². The monoisotopic (exact) mass is 358 g/mol. The second-order valence-corrected chi connectivity index (χ2v) is 6.72. The predicted octanol–water partition coefficient (Wildman–Crippen LogP) is 4.28. The van der Waals surface area contributed by atoms with E-state index in [2.05, 4.69) is 34.8 Å². The molecule has 3 nitrogen and oxygen atoms in total. The van der Waals surface area contributed by atoms with Crippen molar-refractivity contribution in [2.45, 2.75) is 11.8 Å². The highest BCUT2D eigenvalue weighted by atomic mass is 19.1. The van der Waals surface area contributed by atoms with Crippen molar-refractivity contribution in [3.8, 4) is 0 Å². The molecular formula is C23H19FN2O. The van der Waals surface area contributed by atoms with Crippen molar-refractivity contribution in [1.82, 2.24) is 5.43 Å². The summed E-state index contributed by atoms with van der Waals surface area (Å²) in [6, 6.07) is 26.4. The van der Waals surface area contributed by atoms with Crippen molar-refractivity contribution in [2.24, 2.45) is 11.0 Å². The van der Waals surface area contributed by atoms with E-state index in [0.717, 1.165) is 17.5 Å². The Morgan fingerprint density at radius 3 is 2.07 bits per heavy atom. The van der Waals surface area contributed by atoms with Gasteiger partial charge in [0.2, 0.25) is 5.91 Å². The number of nitrogens with one attached hydrogen (secondary N) is 1. The molecule has 0 aromatic heterocycles. The predicted molar refractivity (Wildman–Crippen MR) is 104 cm³/mol. The standard InChI is InChI=1S/C23H19FN2O/c24-21-14-8-7-9-17(21)16-25-26-22(27)20-15-23(20,18-10-3-1-4-11-18)19-12-5-2-6-13-19/h1-14,16,20H,15H2,(H,26,27)/t20-/m0/s1. The highest BCUT2D eigenvalue weighted by molar-refractivity contribution is 5.87. The Labute approximate surface area is 157 Å². The normalized spacial score (nSPS) is 17.6. The van der Waals surface area contributed by atoms with Crippen molar-refractivity contribution in [2.75, 3.05) is 0 Å². The number of hydrogen-bond donors (Lipinski definition) is 1. The maximum absolute atomic E-state index is 13.6. The minimum atomic E-state index is -0.371. The molecule has 134 valence electrons. The van der Waals surface area contributed by atoms with Crippen LogP contribution in [0.2, 0.25) is 0 Å². The van der Waals surface area contributed by atoms with Gasteiger partial charge in [-0.3, -0.25) is 4.79 Å². The van der Waals surface area contributed by atoms with Gasteiger partial charge in [-0.25, -0.2) is 9.82 Å². The average Bonchev–Trinajstić information content (AvgIpc) is 3.48. The van der Waals surface area contributed by atoms with E-state index in [9.17, 15) is 9.18 Å². The van der Waals surface area contributed by atoms with E-state index in [0.29, 0.717) is 5.56 Å². The molecule has 1 saturated carbocycles. The topological polar surface area (TPSA) is 41.5 Å².